The topological polar surface area (TPSA) is 62.2 Å². The molecule has 4 atom stereocenters. The monoisotopic (exact) mass is 394 g/mol. The normalized spacial score (nSPS) is 35.9. The first-order valence-electron chi connectivity index (χ1n) is 8.68. The van der Waals surface area contributed by atoms with E-state index in [9.17, 15) is 9.90 Å². The van der Waals surface area contributed by atoms with Crippen molar-refractivity contribution >= 4 is 45.3 Å². The molecule has 6 rings (SSSR count). The second-order valence-electron chi connectivity index (χ2n) is 8.06. The van der Waals surface area contributed by atoms with Crippen molar-refractivity contribution < 1.29 is 9.90 Å². The molecule has 7 heteroatoms. The maximum absolute atomic E-state index is 13.1. The van der Waals surface area contributed by atoms with E-state index < -0.39 is 11.0 Å². The Morgan fingerprint density at radius 2 is 2.04 bits per heavy atom. The van der Waals surface area contributed by atoms with Gasteiger partial charge in [-0.25, -0.2) is 4.98 Å². The van der Waals surface area contributed by atoms with Gasteiger partial charge in [-0.05, 0) is 62.5 Å². The molecule has 0 aliphatic heterocycles. The number of aromatic nitrogens is 1. The van der Waals surface area contributed by atoms with Gasteiger partial charge < -0.3 is 10.4 Å². The first-order chi connectivity index (χ1) is 11.9. The summed E-state index contributed by atoms with van der Waals surface area (Å²) >= 11 is 8.92. The van der Waals surface area contributed by atoms with E-state index in [0.29, 0.717) is 23.4 Å². The van der Waals surface area contributed by atoms with Gasteiger partial charge in [-0.1, -0.05) is 11.6 Å². The van der Waals surface area contributed by atoms with Gasteiger partial charge in [0.15, 0.2) is 5.13 Å². The van der Waals surface area contributed by atoms with Gasteiger partial charge in [-0.2, -0.15) is 0 Å². The van der Waals surface area contributed by atoms with Crippen LogP contribution in [0.2, 0.25) is 4.34 Å². The average molecular weight is 395 g/mol. The lowest BCUT2D eigenvalue weighted by Crippen LogP contribution is -2.59. The van der Waals surface area contributed by atoms with Crippen molar-refractivity contribution in [2.45, 2.75) is 44.1 Å². The van der Waals surface area contributed by atoms with Crippen LogP contribution in [0.25, 0.3) is 10.6 Å². The number of hydrogen-bond acceptors (Lipinski definition) is 5. The van der Waals surface area contributed by atoms with Crippen LogP contribution >= 0.6 is 34.3 Å². The predicted molar refractivity (Wildman–Crippen MR) is 101 cm³/mol. The molecule has 4 aliphatic carbocycles. The molecule has 1 amide bonds. The van der Waals surface area contributed by atoms with Gasteiger partial charge in [0.1, 0.15) is 0 Å². The van der Waals surface area contributed by atoms with Crippen LogP contribution in [0.15, 0.2) is 17.5 Å². The van der Waals surface area contributed by atoms with Crippen molar-refractivity contribution in [2.24, 2.45) is 17.3 Å². The zero-order chi connectivity index (χ0) is 17.2. The Hall–Kier alpha value is -0.950. The molecular formula is C18H19ClN2O2S2. The number of nitrogens with one attached hydrogen (secondary N) is 1. The number of nitrogens with zero attached hydrogens (tertiary/aromatic N) is 1. The quantitative estimate of drug-likeness (QED) is 0.786. The number of rotatable bonds is 3. The van der Waals surface area contributed by atoms with E-state index in [2.05, 4.69) is 10.3 Å². The van der Waals surface area contributed by atoms with Gasteiger partial charge in [0.2, 0.25) is 5.91 Å². The highest BCUT2D eigenvalue weighted by Gasteiger charge is 2.60. The van der Waals surface area contributed by atoms with Gasteiger partial charge in [-0.3, -0.25) is 4.79 Å². The first kappa shape index (κ1) is 16.2. The van der Waals surface area contributed by atoms with Crippen molar-refractivity contribution in [3.8, 4) is 10.6 Å². The molecule has 4 fully saturated rings. The van der Waals surface area contributed by atoms with Gasteiger partial charge in [0, 0.05) is 5.38 Å². The first-order valence-corrected chi connectivity index (χ1v) is 10.8. The lowest BCUT2D eigenvalue weighted by molar-refractivity contribution is -0.174. The van der Waals surface area contributed by atoms with E-state index >= 15 is 0 Å². The fourth-order valence-corrected chi connectivity index (χ4v) is 7.39. The van der Waals surface area contributed by atoms with E-state index in [1.54, 1.807) is 0 Å². The van der Waals surface area contributed by atoms with Crippen LogP contribution in [0.1, 0.15) is 38.5 Å². The molecular weight excluding hydrogens is 376 g/mol. The molecule has 2 heterocycles. The third-order valence-electron chi connectivity index (χ3n) is 6.06. The molecule has 0 spiro atoms. The molecule has 132 valence electrons. The summed E-state index contributed by atoms with van der Waals surface area (Å²) in [7, 11) is 0. The summed E-state index contributed by atoms with van der Waals surface area (Å²) in [6.45, 7) is 0. The summed E-state index contributed by atoms with van der Waals surface area (Å²) < 4.78 is 0.732. The maximum atomic E-state index is 13.1. The van der Waals surface area contributed by atoms with Crippen LogP contribution in [-0.2, 0) is 4.79 Å². The summed E-state index contributed by atoms with van der Waals surface area (Å²) in [5.41, 5.74) is -0.179. The van der Waals surface area contributed by atoms with Crippen molar-refractivity contribution in [3.05, 3.63) is 21.8 Å². The highest BCUT2D eigenvalue weighted by atomic mass is 35.5. The fourth-order valence-electron chi connectivity index (χ4n) is 5.61. The minimum absolute atomic E-state index is 0.0464. The van der Waals surface area contributed by atoms with E-state index in [0.717, 1.165) is 40.6 Å². The average Bonchev–Trinajstić information content (AvgIpc) is 3.13. The van der Waals surface area contributed by atoms with Crippen LogP contribution < -0.4 is 5.32 Å². The second kappa shape index (κ2) is 5.52. The second-order valence-corrected chi connectivity index (χ2v) is 10.6. The smallest absolute Gasteiger partial charge is 0.232 e. The number of thiophene rings is 1. The Labute approximate surface area is 159 Å². The van der Waals surface area contributed by atoms with Crippen LogP contribution in [-0.4, -0.2) is 21.6 Å². The maximum Gasteiger partial charge on any atom is 0.232 e. The number of halogens is 1. The standard InChI is InChI=1S/C18H19ClN2O2S2/c19-14-2-1-13(25-14)12-8-24-16(20-12)21-15(22)17-4-10-3-11(5-17)7-18(23,6-10)9-17/h1-2,8,10-11,23H,3-7,9H2,(H,20,21,22)/t10-,11+,17?,18?. The van der Waals surface area contributed by atoms with Crippen molar-refractivity contribution in [2.75, 3.05) is 5.32 Å². The molecule has 2 aromatic heterocycles. The fraction of sp³-hybridized carbons (Fsp3) is 0.556. The van der Waals surface area contributed by atoms with E-state index in [1.165, 1.54) is 29.1 Å². The molecule has 0 aromatic carbocycles. The third kappa shape index (κ3) is 2.74. The number of aliphatic hydroxyl groups is 1. The zero-order valence-corrected chi connectivity index (χ0v) is 16.0. The van der Waals surface area contributed by atoms with Gasteiger partial charge >= 0.3 is 0 Å². The predicted octanol–water partition coefficient (Wildman–Crippen LogP) is 4.79. The molecule has 4 nitrogen and oxygen atoms in total. The third-order valence-corrected chi connectivity index (χ3v) is 8.07. The van der Waals surface area contributed by atoms with Crippen LogP contribution in [0.5, 0.6) is 0 Å². The highest BCUT2D eigenvalue weighted by molar-refractivity contribution is 7.20. The number of amides is 1. The minimum Gasteiger partial charge on any atom is -0.390 e. The lowest BCUT2D eigenvalue weighted by Gasteiger charge is -2.59. The van der Waals surface area contributed by atoms with Gasteiger partial charge in [0.25, 0.3) is 0 Å². The Kier molecular flexibility index (Phi) is 3.59. The molecule has 25 heavy (non-hydrogen) atoms. The molecule has 0 saturated heterocycles. The molecule has 4 aliphatic rings. The van der Waals surface area contributed by atoms with E-state index in [-0.39, 0.29) is 5.91 Å². The van der Waals surface area contributed by atoms with Gasteiger partial charge in [0.05, 0.1) is 25.9 Å². The zero-order valence-electron chi connectivity index (χ0n) is 13.6. The number of hydrogen-bond donors (Lipinski definition) is 2. The number of carbonyl (C=O) groups excluding carboxylic acids is 1. The highest BCUT2D eigenvalue weighted by Crippen LogP contribution is 2.61. The number of carbonyl (C=O) groups is 1. The van der Waals surface area contributed by atoms with E-state index in [4.69, 9.17) is 11.6 Å². The van der Waals surface area contributed by atoms with Crippen molar-refractivity contribution in [1.29, 1.82) is 0 Å². The summed E-state index contributed by atoms with van der Waals surface area (Å²) in [6, 6.07) is 3.80. The van der Waals surface area contributed by atoms with Gasteiger partial charge in [-0.15, -0.1) is 22.7 Å². The van der Waals surface area contributed by atoms with Crippen LogP contribution in [0.3, 0.4) is 0 Å². The number of thiazole rings is 1. The van der Waals surface area contributed by atoms with Crippen molar-refractivity contribution in [1.82, 2.24) is 4.98 Å². The SMILES string of the molecule is O=C(Nc1nc(-c2ccc(Cl)s2)cs1)C12C[C@@H]3C[C@@H](CC(O)(C3)C1)C2. The number of anilines is 1. The van der Waals surface area contributed by atoms with Crippen molar-refractivity contribution in [3.63, 3.8) is 0 Å². The molecule has 2 N–H and O–H groups in total. The Morgan fingerprint density at radius 1 is 1.28 bits per heavy atom. The molecule has 2 aromatic rings. The summed E-state index contributed by atoms with van der Waals surface area (Å²) in [4.78, 5) is 18.6. The molecule has 4 bridgehead atoms. The summed E-state index contributed by atoms with van der Waals surface area (Å²) in [6.07, 6.45) is 5.36. The molecule has 2 unspecified atom stereocenters. The van der Waals surface area contributed by atoms with Crippen LogP contribution in [0.4, 0.5) is 5.13 Å². The van der Waals surface area contributed by atoms with Crippen LogP contribution in [0, 0.1) is 17.3 Å². The largest absolute Gasteiger partial charge is 0.390 e. The Bertz CT molecular complexity index is 832. The summed E-state index contributed by atoms with van der Waals surface area (Å²) in [5.74, 6) is 1.04. The summed E-state index contributed by atoms with van der Waals surface area (Å²) in [5, 5.41) is 16.5. The minimum atomic E-state index is -0.622. The Balaban J connectivity index is 1.36. The van der Waals surface area contributed by atoms with E-state index in [1.807, 2.05) is 17.5 Å². The Morgan fingerprint density at radius 3 is 2.68 bits per heavy atom. The lowest BCUT2D eigenvalue weighted by atomic mass is 9.47. The molecule has 4 saturated carbocycles. The molecule has 0 radical (unpaired) electrons.